The lowest BCUT2D eigenvalue weighted by Crippen LogP contribution is -2.50. The van der Waals surface area contributed by atoms with Gasteiger partial charge >= 0.3 is 0 Å². The molecule has 2 amide bonds. The van der Waals surface area contributed by atoms with E-state index in [1.807, 2.05) is 43.3 Å². The van der Waals surface area contributed by atoms with Crippen LogP contribution in [0.1, 0.15) is 47.3 Å². The number of amides is 2. The molecule has 1 aromatic heterocycles. The molecule has 0 spiro atoms. The van der Waals surface area contributed by atoms with Gasteiger partial charge in [-0.3, -0.25) is 14.6 Å². The molecule has 2 aromatic rings. The van der Waals surface area contributed by atoms with Crippen LogP contribution in [0, 0.1) is 0 Å². The molecule has 1 aliphatic heterocycles. The van der Waals surface area contributed by atoms with Gasteiger partial charge in [0.1, 0.15) is 0 Å². The molecule has 1 saturated heterocycles. The quantitative estimate of drug-likeness (QED) is 0.907. The van der Waals surface area contributed by atoms with Gasteiger partial charge in [-0.25, -0.2) is 0 Å². The summed E-state index contributed by atoms with van der Waals surface area (Å²) in [5, 5.41) is 6.05. The van der Waals surface area contributed by atoms with Crippen molar-refractivity contribution in [3.05, 3.63) is 65.5 Å². The number of piperidine rings is 1. The van der Waals surface area contributed by atoms with E-state index in [1.165, 1.54) is 0 Å². The molecule has 124 valence electrons. The summed E-state index contributed by atoms with van der Waals surface area (Å²) in [6.07, 6.45) is 5.22. The van der Waals surface area contributed by atoms with Crippen molar-refractivity contribution < 1.29 is 9.59 Å². The van der Waals surface area contributed by atoms with E-state index in [0.29, 0.717) is 18.4 Å². The minimum absolute atomic E-state index is 0.0176. The summed E-state index contributed by atoms with van der Waals surface area (Å²) in [7, 11) is 0. The minimum atomic E-state index is -0.210. The van der Waals surface area contributed by atoms with Crippen LogP contribution in [-0.2, 0) is 11.2 Å². The number of aromatic nitrogens is 1. The summed E-state index contributed by atoms with van der Waals surface area (Å²) >= 11 is 0. The van der Waals surface area contributed by atoms with Gasteiger partial charge in [0.2, 0.25) is 5.91 Å². The second kappa shape index (κ2) is 7.25. The average Bonchev–Trinajstić information content (AvgIpc) is 2.64. The summed E-state index contributed by atoms with van der Waals surface area (Å²) in [6, 6.07) is 11.3. The number of pyridine rings is 1. The van der Waals surface area contributed by atoms with Gasteiger partial charge in [0.05, 0.1) is 17.6 Å². The third kappa shape index (κ3) is 3.62. The Hall–Kier alpha value is -2.69. The van der Waals surface area contributed by atoms with Crippen LogP contribution in [-0.4, -0.2) is 22.8 Å². The second-order valence-electron chi connectivity index (χ2n) is 6.01. The summed E-state index contributed by atoms with van der Waals surface area (Å²) in [4.78, 5) is 28.5. The molecule has 0 radical (unpaired) electrons. The van der Waals surface area contributed by atoms with Gasteiger partial charge < -0.3 is 10.6 Å². The maximum absolute atomic E-state index is 12.6. The number of nitrogens with zero attached hydrogens (tertiary/aromatic N) is 1. The van der Waals surface area contributed by atoms with Crippen molar-refractivity contribution in [2.75, 3.05) is 0 Å². The van der Waals surface area contributed by atoms with Crippen molar-refractivity contribution >= 4 is 11.8 Å². The fourth-order valence-corrected chi connectivity index (χ4v) is 2.99. The van der Waals surface area contributed by atoms with E-state index in [-0.39, 0.29) is 23.9 Å². The fraction of sp³-hybridized carbons (Fsp3) is 0.316. The highest BCUT2D eigenvalue weighted by Crippen LogP contribution is 2.24. The van der Waals surface area contributed by atoms with E-state index >= 15 is 0 Å². The van der Waals surface area contributed by atoms with Gasteiger partial charge in [-0.15, -0.1) is 0 Å². The van der Waals surface area contributed by atoms with Crippen molar-refractivity contribution in [3.8, 4) is 0 Å². The van der Waals surface area contributed by atoms with E-state index in [0.717, 1.165) is 17.5 Å². The van der Waals surface area contributed by atoms with Crippen LogP contribution in [0.15, 0.2) is 48.8 Å². The summed E-state index contributed by atoms with van der Waals surface area (Å²) in [6.45, 7) is 2.03. The van der Waals surface area contributed by atoms with Crippen molar-refractivity contribution in [1.29, 1.82) is 0 Å². The highest BCUT2D eigenvalue weighted by molar-refractivity contribution is 5.94. The SMILES string of the molecule is CCc1cncc(C(=O)N[C@@H]2CCC(=O)N[C@H]2c2ccccc2)c1. The van der Waals surface area contributed by atoms with E-state index in [4.69, 9.17) is 0 Å². The Morgan fingerprint density at radius 3 is 2.83 bits per heavy atom. The molecule has 1 aliphatic rings. The number of carbonyl (C=O) groups is 2. The maximum Gasteiger partial charge on any atom is 0.253 e. The highest BCUT2D eigenvalue weighted by Gasteiger charge is 2.31. The van der Waals surface area contributed by atoms with Crippen molar-refractivity contribution in [3.63, 3.8) is 0 Å². The predicted molar refractivity (Wildman–Crippen MR) is 91.4 cm³/mol. The van der Waals surface area contributed by atoms with Crippen molar-refractivity contribution in [2.45, 2.75) is 38.3 Å². The van der Waals surface area contributed by atoms with Crippen LogP contribution in [0.25, 0.3) is 0 Å². The number of benzene rings is 1. The molecule has 1 fully saturated rings. The molecule has 2 N–H and O–H groups in total. The Balaban J connectivity index is 1.78. The molecular weight excluding hydrogens is 302 g/mol. The number of nitrogens with one attached hydrogen (secondary N) is 2. The van der Waals surface area contributed by atoms with Crippen LogP contribution >= 0.6 is 0 Å². The molecule has 0 saturated carbocycles. The van der Waals surface area contributed by atoms with Gasteiger partial charge in [0.25, 0.3) is 5.91 Å². The Labute approximate surface area is 141 Å². The molecule has 2 heterocycles. The largest absolute Gasteiger partial charge is 0.347 e. The third-order valence-corrected chi connectivity index (χ3v) is 4.34. The molecule has 0 aliphatic carbocycles. The number of aryl methyl sites for hydroxylation is 1. The van der Waals surface area contributed by atoms with E-state index in [1.54, 1.807) is 12.4 Å². The van der Waals surface area contributed by atoms with Gasteiger partial charge in [-0.05, 0) is 30.0 Å². The fourth-order valence-electron chi connectivity index (χ4n) is 2.99. The highest BCUT2D eigenvalue weighted by atomic mass is 16.2. The van der Waals surface area contributed by atoms with Crippen molar-refractivity contribution in [2.24, 2.45) is 0 Å². The first-order valence-electron chi connectivity index (χ1n) is 8.26. The molecule has 0 bridgehead atoms. The van der Waals surface area contributed by atoms with Crippen LogP contribution < -0.4 is 10.6 Å². The zero-order chi connectivity index (χ0) is 16.9. The number of hydrogen-bond donors (Lipinski definition) is 2. The molecule has 24 heavy (non-hydrogen) atoms. The number of rotatable bonds is 4. The first-order valence-corrected chi connectivity index (χ1v) is 8.26. The zero-order valence-corrected chi connectivity index (χ0v) is 13.7. The van der Waals surface area contributed by atoms with E-state index in [2.05, 4.69) is 15.6 Å². The van der Waals surface area contributed by atoms with Crippen molar-refractivity contribution in [1.82, 2.24) is 15.6 Å². The average molecular weight is 323 g/mol. The Kier molecular flexibility index (Phi) is 4.89. The topological polar surface area (TPSA) is 71.1 Å². The lowest BCUT2D eigenvalue weighted by molar-refractivity contribution is -0.123. The van der Waals surface area contributed by atoms with E-state index < -0.39 is 0 Å². The third-order valence-electron chi connectivity index (χ3n) is 4.34. The second-order valence-corrected chi connectivity index (χ2v) is 6.01. The van der Waals surface area contributed by atoms with Gasteiger partial charge in [0, 0.05) is 18.8 Å². The molecule has 3 rings (SSSR count). The van der Waals surface area contributed by atoms with Gasteiger partial charge in [-0.2, -0.15) is 0 Å². The smallest absolute Gasteiger partial charge is 0.253 e. The lowest BCUT2D eigenvalue weighted by Gasteiger charge is -2.33. The maximum atomic E-state index is 12.6. The molecule has 1 aromatic carbocycles. The molecule has 5 nitrogen and oxygen atoms in total. The lowest BCUT2D eigenvalue weighted by atomic mass is 9.91. The zero-order valence-electron chi connectivity index (χ0n) is 13.7. The first kappa shape index (κ1) is 16.2. The van der Waals surface area contributed by atoms with Gasteiger partial charge in [0.15, 0.2) is 0 Å². The monoisotopic (exact) mass is 323 g/mol. The van der Waals surface area contributed by atoms with Crippen LogP contribution in [0.5, 0.6) is 0 Å². The number of carbonyl (C=O) groups excluding carboxylic acids is 2. The van der Waals surface area contributed by atoms with E-state index in [9.17, 15) is 9.59 Å². The van der Waals surface area contributed by atoms with Crippen LogP contribution in [0.2, 0.25) is 0 Å². The normalized spacial score (nSPS) is 20.3. The molecular formula is C19H21N3O2. The molecule has 2 atom stereocenters. The Bertz CT molecular complexity index is 730. The standard InChI is InChI=1S/C19H21N3O2/c1-2-13-10-15(12-20-11-13)19(24)21-16-8-9-17(23)22-18(16)14-6-4-3-5-7-14/h3-7,10-12,16,18H,2,8-9H2,1H3,(H,21,24)(H,22,23)/t16-,18+/m1/s1. The summed E-state index contributed by atoms with van der Waals surface area (Å²) < 4.78 is 0. The van der Waals surface area contributed by atoms with Gasteiger partial charge in [-0.1, -0.05) is 37.3 Å². The first-order chi connectivity index (χ1) is 11.7. The summed E-state index contributed by atoms with van der Waals surface area (Å²) in [5.74, 6) is -0.135. The van der Waals surface area contributed by atoms with Crippen LogP contribution in [0.4, 0.5) is 0 Å². The molecule has 0 unspecified atom stereocenters. The Morgan fingerprint density at radius 1 is 1.29 bits per heavy atom. The number of hydrogen-bond acceptors (Lipinski definition) is 3. The Morgan fingerprint density at radius 2 is 2.08 bits per heavy atom. The molecule has 5 heteroatoms. The predicted octanol–water partition coefficient (Wildman–Crippen LogP) is 2.39. The minimum Gasteiger partial charge on any atom is -0.347 e. The van der Waals surface area contributed by atoms with Crippen LogP contribution in [0.3, 0.4) is 0 Å². The summed E-state index contributed by atoms with van der Waals surface area (Å²) in [5.41, 5.74) is 2.58.